The van der Waals surface area contributed by atoms with E-state index in [-0.39, 0.29) is 25.6 Å². The molecule has 0 saturated heterocycles. The molecule has 0 spiro atoms. The number of rotatable bonds is 10. The summed E-state index contributed by atoms with van der Waals surface area (Å²) in [6, 6.07) is 6.14. The maximum atomic E-state index is 11.5. The van der Waals surface area contributed by atoms with Gasteiger partial charge in [-0.2, -0.15) is 8.42 Å². The van der Waals surface area contributed by atoms with Crippen LogP contribution in [0.2, 0.25) is 0 Å². The third-order valence-electron chi connectivity index (χ3n) is 2.73. The van der Waals surface area contributed by atoms with Crippen LogP contribution in [0.4, 0.5) is 4.79 Å². The molecule has 0 bridgehead atoms. The summed E-state index contributed by atoms with van der Waals surface area (Å²) >= 11 is 0. The van der Waals surface area contributed by atoms with Gasteiger partial charge in [-0.15, -0.1) is 0 Å². The third kappa shape index (κ3) is 10.2. The molecule has 8 nitrogen and oxygen atoms in total. The zero-order valence-electron chi connectivity index (χ0n) is 13.8. The molecule has 0 N–H and O–H groups in total. The summed E-state index contributed by atoms with van der Waals surface area (Å²) in [5.74, 6) is -0.237. The van der Waals surface area contributed by atoms with E-state index in [4.69, 9.17) is 14.2 Å². The molecular formula is C16H20O8S. The van der Waals surface area contributed by atoms with Crippen molar-refractivity contribution >= 4 is 22.2 Å². The van der Waals surface area contributed by atoms with E-state index in [1.54, 1.807) is 12.1 Å². The first kappa shape index (κ1) is 20.7. The highest BCUT2D eigenvalue weighted by atomic mass is 32.2. The smallest absolute Gasteiger partial charge is 0.463 e. The highest BCUT2D eigenvalue weighted by Gasteiger charge is 2.07. The Morgan fingerprint density at radius 2 is 1.68 bits per heavy atom. The first-order valence-corrected chi connectivity index (χ1v) is 9.19. The van der Waals surface area contributed by atoms with Gasteiger partial charge >= 0.3 is 12.1 Å². The first-order chi connectivity index (χ1) is 11.8. The van der Waals surface area contributed by atoms with Gasteiger partial charge in [0.15, 0.2) is 0 Å². The second kappa shape index (κ2) is 10.5. The lowest BCUT2D eigenvalue weighted by Crippen LogP contribution is -2.12. The fourth-order valence-electron chi connectivity index (χ4n) is 1.55. The zero-order valence-corrected chi connectivity index (χ0v) is 14.6. The molecule has 0 aliphatic rings. The van der Waals surface area contributed by atoms with Gasteiger partial charge in [0.1, 0.15) is 5.75 Å². The zero-order chi connectivity index (χ0) is 18.7. The number of benzene rings is 1. The Bertz CT molecular complexity index is 679. The normalized spacial score (nSPS) is 10.8. The molecule has 0 aliphatic heterocycles. The molecule has 0 aromatic heterocycles. The largest absolute Gasteiger partial charge is 0.513 e. The van der Waals surface area contributed by atoms with Crippen molar-refractivity contribution in [2.24, 2.45) is 0 Å². The van der Waals surface area contributed by atoms with Gasteiger partial charge < -0.3 is 14.2 Å². The molecule has 25 heavy (non-hydrogen) atoms. The van der Waals surface area contributed by atoms with Crippen molar-refractivity contribution in [3.63, 3.8) is 0 Å². The van der Waals surface area contributed by atoms with Crippen LogP contribution in [0.3, 0.4) is 0 Å². The molecule has 1 rings (SSSR count). The molecule has 0 atom stereocenters. The summed E-state index contributed by atoms with van der Waals surface area (Å²) in [5.41, 5.74) is 0.611. The average molecular weight is 372 g/mol. The van der Waals surface area contributed by atoms with Crippen LogP contribution >= 0.6 is 0 Å². The third-order valence-corrected chi connectivity index (χ3v) is 3.28. The molecule has 0 heterocycles. The molecule has 1 aromatic rings. The van der Waals surface area contributed by atoms with Crippen LogP contribution in [-0.4, -0.2) is 40.0 Å². The molecule has 0 aliphatic carbocycles. The van der Waals surface area contributed by atoms with Gasteiger partial charge in [-0.05, 0) is 30.5 Å². The van der Waals surface area contributed by atoms with Crippen molar-refractivity contribution in [3.05, 3.63) is 42.5 Å². The van der Waals surface area contributed by atoms with Crippen LogP contribution < -0.4 is 4.74 Å². The number of unbranched alkanes of at least 4 members (excludes halogenated alkanes) is 1. The standard InChI is InChI=1S/C16H20O8S/c1-3-15(17)21-10-4-5-11-22-16(18)24-14-8-6-13(7-9-14)12-23-25(2,19)20/h3,6-9H,1,4-5,10-12H2,2H3. The lowest BCUT2D eigenvalue weighted by Gasteiger charge is -2.07. The molecule has 0 amide bonds. The maximum absolute atomic E-state index is 11.5. The Balaban J connectivity index is 2.23. The van der Waals surface area contributed by atoms with Gasteiger partial charge in [0.25, 0.3) is 10.1 Å². The molecule has 0 unspecified atom stereocenters. The lowest BCUT2D eigenvalue weighted by atomic mass is 10.2. The minimum absolute atomic E-state index is 0.0972. The van der Waals surface area contributed by atoms with E-state index < -0.39 is 22.2 Å². The van der Waals surface area contributed by atoms with Crippen molar-refractivity contribution < 1.29 is 36.4 Å². The van der Waals surface area contributed by atoms with Crippen LogP contribution in [0.25, 0.3) is 0 Å². The van der Waals surface area contributed by atoms with Gasteiger partial charge in [0, 0.05) is 6.08 Å². The van der Waals surface area contributed by atoms with Crippen LogP contribution in [0, 0.1) is 0 Å². The molecule has 0 radical (unpaired) electrons. The van der Waals surface area contributed by atoms with E-state index in [0.717, 1.165) is 12.3 Å². The van der Waals surface area contributed by atoms with E-state index in [9.17, 15) is 18.0 Å². The Morgan fingerprint density at radius 1 is 1.08 bits per heavy atom. The Hall–Kier alpha value is -2.39. The van der Waals surface area contributed by atoms with Crippen molar-refractivity contribution in [2.75, 3.05) is 19.5 Å². The molecule has 9 heteroatoms. The Kier molecular flexibility index (Phi) is 8.65. The Morgan fingerprint density at radius 3 is 2.24 bits per heavy atom. The van der Waals surface area contributed by atoms with Crippen LogP contribution in [0.15, 0.2) is 36.9 Å². The highest BCUT2D eigenvalue weighted by Crippen LogP contribution is 2.14. The summed E-state index contributed by atoms with van der Waals surface area (Å²) < 4.78 is 41.0. The number of esters is 1. The minimum atomic E-state index is -3.51. The summed E-state index contributed by atoms with van der Waals surface area (Å²) in [5, 5.41) is 0. The highest BCUT2D eigenvalue weighted by molar-refractivity contribution is 7.85. The molecule has 0 saturated carbocycles. The quantitative estimate of drug-likeness (QED) is 0.202. The van der Waals surface area contributed by atoms with Gasteiger partial charge in [0.2, 0.25) is 0 Å². The van der Waals surface area contributed by atoms with Crippen molar-refractivity contribution in [1.82, 2.24) is 0 Å². The van der Waals surface area contributed by atoms with Gasteiger partial charge in [-0.1, -0.05) is 18.7 Å². The van der Waals surface area contributed by atoms with Gasteiger partial charge in [-0.3, -0.25) is 4.18 Å². The topological polar surface area (TPSA) is 105 Å². The number of hydrogen-bond donors (Lipinski definition) is 0. The van der Waals surface area contributed by atoms with E-state index in [2.05, 4.69) is 10.8 Å². The van der Waals surface area contributed by atoms with Crippen LogP contribution in [0.1, 0.15) is 18.4 Å². The predicted molar refractivity (Wildman–Crippen MR) is 88.4 cm³/mol. The summed E-state index contributed by atoms with van der Waals surface area (Å²) in [7, 11) is -3.51. The first-order valence-electron chi connectivity index (χ1n) is 7.37. The number of hydrogen-bond acceptors (Lipinski definition) is 8. The van der Waals surface area contributed by atoms with E-state index in [0.29, 0.717) is 18.4 Å². The lowest BCUT2D eigenvalue weighted by molar-refractivity contribution is -0.137. The second-order valence-electron chi connectivity index (χ2n) is 4.89. The van der Waals surface area contributed by atoms with Crippen LogP contribution in [0.5, 0.6) is 5.75 Å². The SMILES string of the molecule is C=CC(=O)OCCCCOC(=O)Oc1ccc(COS(C)(=O)=O)cc1. The molecular weight excluding hydrogens is 352 g/mol. The minimum Gasteiger partial charge on any atom is -0.463 e. The molecule has 138 valence electrons. The van der Waals surface area contributed by atoms with E-state index in [1.807, 2.05) is 0 Å². The van der Waals surface area contributed by atoms with E-state index >= 15 is 0 Å². The molecule has 0 fully saturated rings. The van der Waals surface area contributed by atoms with Gasteiger partial charge in [-0.25, -0.2) is 9.59 Å². The fraction of sp³-hybridized carbons (Fsp3) is 0.375. The number of ether oxygens (including phenoxy) is 3. The number of carbonyl (C=O) groups is 2. The Labute approximate surface area is 146 Å². The maximum Gasteiger partial charge on any atom is 0.513 e. The van der Waals surface area contributed by atoms with Gasteiger partial charge in [0.05, 0.1) is 26.1 Å². The predicted octanol–water partition coefficient (Wildman–Crippen LogP) is 2.19. The average Bonchev–Trinajstić information content (AvgIpc) is 2.56. The van der Waals surface area contributed by atoms with Crippen molar-refractivity contribution in [2.45, 2.75) is 19.4 Å². The van der Waals surface area contributed by atoms with Crippen molar-refractivity contribution in [3.8, 4) is 5.75 Å². The summed E-state index contributed by atoms with van der Waals surface area (Å²) in [6.07, 6.45) is 2.24. The van der Waals surface area contributed by atoms with Crippen molar-refractivity contribution in [1.29, 1.82) is 0 Å². The monoisotopic (exact) mass is 372 g/mol. The van der Waals surface area contributed by atoms with Crippen LogP contribution in [-0.2, 0) is 35.2 Å². The molecule has 1 aromatic carbocycles. The summed E-state index contributed by atoms with van der Waals surface area (Å²) in [4.78, 5) is 22.3. The summed E-state index contributed by atoms with van der Waals surface area (Å²) in [6.45, 7) is 3.53. The fourth-order valence-corrected chi connectivity index (χ4v) is 1.90. The second-order valence-corrected chi connectivity index (χ2v) is 6.53. The number of carbonyl (C=O) groups excluding carboxylic acids is 2. The van der Waals surface area contributed by atoms with E-state index in [1.165, 1.54) is 12.1 Å².